The predicted molar refractivity (Wildman–Crippen MR) is 86.4 cm³/mol. The Morgan fingerprint density at radius 2 is 2.00 bits per heavy atom. The standard InChI is InChI=1S/C15H32N4O2/c1-5-12(2)18-13(20)8-11-17-10-7-6-9-15(3,4)14(16)19-21/h12,17,21H,5-11H2,1-4H3,(H2,16,19)(H,18,20). The zero-order chi connectivity index (χ0) is 16.3. The zero-order valence-electron chi connectivity index (χ0n) is 13.9. The van der Waals surface area contributed by atoms with Crippen LogP contribution >= 0.6 is 0 Å². The number of amidine groups is 1. The van der Waals surface area contributed by atoms with E-state index in [4.69, 9.17) is 10.9 Å². The van der Waals surface area contributed by atoms with E-state index in [2.05, 4.69) is 22.7 Å². The van der Waals surface area contributed by atoms with Gasteiger partial charge in [-0.3, -0.25) is 4.79 Å². The van der Waals surface area contributed by atoms with E-state index in [1.807, 2.05) is 20.8 Å². The predicted octanol–water partition coefficient (Wildman–Crippen LogP) is 1.82. The zero-order valence-corrected chi connectivity index (χ0v) is 13.9. The number of unbranched alkanes of at least 4 members (excludes halogenated alkanes) is 1. The number of hydrogen-bond donors (Lipinski definition) is 4. The molecule has 21 heavy (non-hydrogen) atoms. The Bertz CT molecular complexity index is 330. The van der Waals surface area contributed by atoms with Crippen molar-refractivity contribution in [3.05, 3.63) is 0 Å². The van der Waals surface area contributed by atoms with Gasteiger partial charge in [-0.1, -0.05) is 32.3 Å². The van der Waals surface area contributed by atoms with Gasteiger partial charge in [0.1, 0.15) is 5.84 Å². The largest absolute Gasteiger partial charge is 0.409 e. The summed E-state index contributed by atoms with van der Waals surface area (Å²) in [5.74, 6) is 0.377. The normalized spacial score (nSPS) is 14.0. The van der Waals surface area contributed by atoms with E-state index < -0.39 is 0 Å². The molecular formula is C15H32N4O2. The van der Waals surface area contributed by atoms with Gasteiger partial charge in [0.05, 0.1) is 0 Å². The molecule has 5 N–H and O–H groups in total. The topological polar surface area (TPSA) is 99.7 Å². The summed E-state index contributed by atoms with van der Waals surface area (Å²) in [6.45, 7) is 9.58. The van der Waals surface area contributed by atoms with Gasteiger partial charge in [0, 0.05) is 24.4 Å². The molecular weight excluding hydrogens is 268 g/mol. The fourth-order valence-electron chi connectivity index (χ4n) is 1.86. The molecule has 0 saturated heterocycles. The Hall–Kier alpha value is -1.30. The maximum absolute atomic E-state index is 11.5. The van der Waals surface area contributed by atoms with Crippen molar-refractivity contribution in [3.63, 3.8) is 0 Å². The van der Waals surface area contributed by atoms with E-state index in [-0.39, 0.29) is 23.2 Å². The minimum atomic E-state index is -0.273. The molecule has 0 heterocycles. The van der Waals surface area contributed by atoms with E-state index in [0.717, 1.165) is 32.2 Å². The number of carbonyl (C=O) groups is 1. The van der Waals surface area contributed by atoms with Gasteiger partial charge in [0.2, 0.25) is 5.91 Å². The lowest BCUT2D eigenvalue weighted by molar-refractivity contribution is -0.121. The Balaban J connectivity index is 3.59. The lowest BCUT2D eigenvalue weighted by Gasteiger charge is -2.22. The van der Waals surface area contributed by atoms with Crippen LogP contribution in [0.5, 0.6) is 0 Å². The molecule has 0 aromatic carbocycles. The highest BCUT2D eigenvalue weighted by molar-refractivity contribution is 5.85. The van der Waals surface area contributed by atoms with Gasteiger partial charge in [-0.15, -0.1) is 0 Å². The van der Waals surface area contributed by atoms with Gasteiger partial charge in [-0.25, -0.2) is 0 Å². The number of carbonyl (C=O) groups excluding carboxylic acids is 1. The molecule has 0 aromatic rings. The number of nitrogens with one attached hydrogen (secondary N) is 2. The van der Waals surface area contributed by atoms with Crippen LogP contribution < -0.4 is 16.4 Å². The van der Waals surface area contributed by atoms with Crippen LogP contribution in [-0.2, 0) is 4.79 Å². The molecule has 6 nitrogen and oxygen atoms in total. The third kappa shape index (κ3) is 9.28. The van der Waals surface area contributed by atoms with E-state index in [0.29, 0.717) is 13.0 Å². The van der Waals surface area contributed by atoms with Crippen LogP contribution in [0, 0.1) is 5.41 Å². The van der Waals surface area contributed by atoms with Crippen LogP contribution in [0.4, 0.5) is 0 Å². The number of hydrogen-bond acceptors (Lipinski definition) is 4. The molecule has 0 fully saturated rings. The average Bonchev–Trinajstić information content (AvgIpc) is 2.44. The second-order valence-corrected chi connectivity index (χ2v) is 6.20. The Labute approximate surface area is 128 Å². The average molecular weight is 300 g/mol. The fraction of sp³-hybridized carbons (Fsp3) is 0.867. The van der Waals surface area contributed by atoms with E-state index in [1.54, 1.807) is 0 Å². The number of nitrogens with zero attached hydrogens (tertiary/aromatic N) is 1. The molecule has 0 saturated carbocycles. The Morgan fingerprint density at radius 3 is 2.57 bits per heavy atom. The first-order valence-corrected chi connectivity index (χ1v) is 7.81. The Kier molecular flexibility index (Phi) is 9.78. The molecule has 1 atom stereocenters. The maximum atomic E-state index is 11.5. The quantitative estimate of drug-likeness (QED) is 0.154. The van der Waals surface area contributed by atoms with Crippen LogP contribution in [0.15, 0.2) is 5.16 Å². The molecule has 0 aromatic heterocycles. The van der Waals surface area contributed by atoms with E-state index >= 15 is 0 Å². The molecule has 0 spiro atoms. The summed E-state index contributed by atoms with van der Waals surface area (Å²) in [4.78, 5) is 11.5. The summed E-state index contributed by atoms with van der Waals surface area (Å²) in [5.41, 5.74) is 5.36. The van der Waals surface area contributed by atoms with Crippen molar-refractivity contribution in [3.8, 4) is 0 Å². The van der Waals surface area contributed by atoms with Crippen molar-refractivity contribution in [2.24, 2.45) is 16.3 Å². The number of rotatable bonds is 11. The van der Waals surface area contributed by atoms with Crippen molar-refractivity contribution in [1.82, 2.24) is 10.6 Å². The van der Waals surface area contributed by atoms with Gasteiger partial charge in [-0.2, -0.15) is 0 Å². The van der Waals surface area contributed by atoms with E-state index in [9.17, 15) is 4.79 Å². The van der Waals surface area contributed by atoms with Crippen LogP contribution in [0.3, 0.4) is 0 Å². The third-order valence-electron chi connectivity index (χ3n) is 3.76. The van der Waals surface area contributed by atoms with E-state index in [1.165, 1.54) is 0 Å². The minimum Gasteiger partial charge on any atom is -0.409 e. The minimum absolute atomic E-state index is 0.102. The van der Waals surface area contributed by atoms with Crippen LogP contribution in [0.2, 0.25) is 0 Å². The van der Waals surface area contributed by atoms with Crippen molar-refractivity contribution < 1.29 is 10.0 Å². The highest BCUT2D eigenvalue weighted by atomic mass is 16.4. The summed E-state index contributed by atoms with van der Waals surface area (Å²) in [7, 11) is 0. The van der Waals surface area contributed by atoms with Crippen LogP contribution in [0.1, 0.15) is 59.8 Å². The summed E-state index contributed by atoms with van der Waals surface area (Å²) in [5, 5.41) is 18.0. The van der Waals surface area contributed by atoms with Crippen molar-refractivity contribution >= 4 is 11.7 Å². The molecule has 0 radical (unpaired) electrons. The second kappa shape index (κ2) is 10.4. The molecule has 1 amide bonds. The van der Waals surface area contributed by atoms with Crippen LogP contribution in [-0.4, -0.2) is 36.1 Å². The fourth-order valence-corrected chi connectivity index (χ4v) is 1.86. The van der Waals surface area contributed by atoms with Crippen molar-refractivity contribution in [2.75, 3.05) is 13.1 Å². The number of nitrogens with two attached hydrogens (primary N) is 1. The maximum Gasteiger partial charge on any atom is 0.221 e. The first-order chi connectivity index (χ1) is 9.83. The molecule has 0 aliphatic rings. The van der Waals surface area contributed by atoms with Gasteiger partial charge in [-0.05, 0) is 32.7 Å². The van der Waals surface area contributed by atoms with Gasteiger partial charge >= 0.3 is 0 Å². The van der Waals surface area contributed by atoms with Gasteiger partial charge in [0.15, 0.2) is 0 Å². The molecule has 6 heteroatoms. The lowest BCUT2D eigenvalue weighted by atomic mass is 9.86. The van der Waals surface area contributed by atoms with Gasteiger partial charge < -0.3 is 21.6 Å². The highest BCUT2D eigenvalue weighted by Crippen LogP contribution is 2.22. The van der Waals surface area contributed by atoms with Gasteiger partial charge in [0.25, 0.3) is 0 Å². The Morgan fingerprint density at radius 1 is 1.33 bits per heavy atom. The molecule has 124 valence electrons. The molecule has 0 aliphatic carbocycles. The monoisotopic (exact) mass is 300 g/mol. The summed E-state index contributed by atoms with van der Waals surface area (Å²) in [6.07, 6.45) is 4.35. The van der Waals surface area contributed by atoms with Crippen LogP contribution in [0.25, 0.3) is 0 Å². The molecule has 0 bridgehead atoms. The first kappa shape index (κ1) is 19.7. The first-order valence-electron chi connectivity index (χ1n) is 7.81. The molecule has 0 rings (SSSR count). The smallest absolute Gasteiger partial charge is 0.221 e. The molecule has 0 aliphatic heterocycles. The number of oxime groups is 1. The summed E-state index contributed by atoms with van der Waals surface area (Å²) in [6, 6.07) is 0.248. The number of amides is 1. The summed E-state index contributed by atoms with van der Waals surface area (Å²) >= 11 is 0. The lowest BCUT2D eigenvalue weighted by Crippen LogP contribution is -2.34. The van der Waals surface area contributed by atoms with Crippen molar-refractivity contribution in [2.45, 2.75) is 65.8 Å². The summed E-state index contributed by atoms with van der Waals surface area (Å²) < 4.78 is 0. The second-order valence-electron chi connectivity index (χ2n) is 6.20. The third-order valence-corrected chi connectivity index (χ3v) is 3.76. The SMILES string of the molecule is CCC(C)NC(=O)CCNCCCCC(C)(C)C(N)=NO. The molecule has 1 unspecified atom stereocenters. The highest BCUT2D eigenvalue weighted by Gasteiger charge is 2.22. The van der Waals surface area contributed by atoms with Crippen molar-refractivity contribution in [1.29, 1.82) is 0 Å².